The smallest absolute Gasteiger partial charge is 0.0951 e. The summed E-state index contributed by atoms with van der Waals surface area (Å²) in [6.45, 7) is 5.33. The predicted octanol–water partition coefficient (Wildman–Crippen LogP) is 4.29. The van der Waals surface area contributed by atoms with Crippen LogP contribution >= 0.6 is 11.3 Å². The molecule has 4 heteroatoms. The summed E-state index contributed by atoms with van der Waals surface area (Å²) in [7, 11) is 0. The molecule has 2 N–H and O–H groups in total. The quantitative estimate of drug-likeness (QED) is 0.730. The van der Waals surface area contributed by atoms with Crippen LogP contribution in [-0.2, 0) is 6.54 Å². The van der Waals surface area contributed by atoms with E-state index in [9.17, 15) is 0 Å². The molecule has 21 heavy (non-hydrogen) atoms. The number of aromatic nitrogens is 1. The fourth-order valence-electron chi connectivity index (χ4n) is 2.55. The molecule has 0 aliphatic carbocycles. The molecule has 0 aliphatic rings. The molecule has 0 atom stereocenters. The highest BCUT2D eigenvalue weighted by Crippen LogP contribution is 2.32. The van der Waals surface area contributed by atoms with Crippen LogP contribution in [0, 0.1) is 0 Å². The Labute approximate surface area is 129 Å². The van der Waals surface area contributed by atoms with Gasteiger partial charge in [0.1, 0.15) is 0 Å². The van der Waals surface area contributed by atoms with E-state index in [2.05, 4.69) is 53.4 Å². The summed E-state index contributed by atoms with van der Waals surface area (Å²) in [5.74, 6) is 0. The van der Waals surface area contributed by atoms with Crippen molar-refractivity contribution in [1.29, 1.82) is 0 Å². The minimum Gasteiger partial charge on any atom is -0.397 e. The number of rotatable bonds is 4. The number of benzene rings is 1. The average Bonchev–Trinajstić information content (AvgIpc) is 2.99. The van der Waals surface area contributed by atoms with Gasteiger partial charge in [0.15, 0.2) is 0 Å². The second-order valence-electron chi connectivity index (χ2n) is 5.37. The first-order chi connectivity index (χ1) is 10.2. The molecule has 1 aromatic carbocycles. The lowest BCUT2D eigenvalue weighted by atomic mass is 10.1. The lowest BCUT2D eigenvalue weighted by molar-refractivity contribution is 0.690. The molecule has 0 bridgehead atoms. The molecular weight excluding hydrogens is 278 g/mol. The molecule has 2 aromatic heterocycles. The Kier molecular flexibility index (Phi) is 3.80. The van der Waals surface area contributed by atoms with Gasteiger partial charge < -0.3 is 10.6 Å². The van der Waals surface area contributed by atoms with Crippen molar-refractivity contribution < 1.29 is 0 Å². The van der Waals surface area contributed by atoms with E-state index in [1.807, 2.05) is 12.1 Å². The lowest BCUT2D eigenvalue weighted by Gasteiger charge is -2.30. The molecule has 3 rings (SSSR count). The van der Waals surface area contributed by atoms with Crippen LogP contribution in [0.15, 0.2) is 48.0 Å². The molecule has 108 valence electrons. The summed E-state index contributed by atoms with van der Waals surface area (Å²) in [6.07, 6.45) is 1.79. The maximum atomic E-state index is 6.06. The summed E-state index contributed by atoms with van der Waals surface area (Å²) in [6, 6.07) is 12.8. The number of hydrogen-bond donors (Lipinski definition) is 1. The summed E-state index contributed by atoms with van der Waals surface area (Å²) in [4.78, 5) is 8.19. The average molecular weight is 297 g/mol. The third-order valence-corrected chi connectivity index (χ3v) is 4.48. The van der Waals surface area contributed by atoms with Crippen molar-refractivity contribution in [2.45, 2.75) is 26.4 Å². The molecule has 0 spiro atoms. The van der Waals surface area contributed by atoms with Crippen LogP contribution < -0.4 is 10.6 Å². The highest BCUT2D eigenvalue weighted by atomic mass is 32.1. The van der Waals surface area contributed by atoms with Crippen molar-refractivity contribution in [2.24, 2.45) is 0 Å². The van der Waals surface area contributed by atoms with Crippen LogP contribution in [0.2, 0.25) is 0 Å². The van der Waals surface area contributed by atoms with Crippen LogP contribution in [0.25, 0.3) is 10.9 Å². The summed E-state index contributed by atoms with van der Waals surface area (Å²) >= 11 is 1.79. The number of nitrogens with zero attached hydrogens (tertiary/aromatic N) is 2. The van der Waals surface area contributed by atoms with Crippen LogP contribution in [0.1, 0.15) is 18.7 Å². The standard InChI is InChI=1S/C17H19N3S/c1-12(2)20(11-13-5-4-10-21-13)16-8-7-15(18)17-14(16)6-3-9-19-17/h3-10,12H,11,18H2,1-2H3. The molecule has 0 radical (unpaired) electrons. The zero-order valence-corrected chi connectivity index (χ0v) is 13.1. The third kappa shape index (κ3) is 2.72. The predicted molar refractivity (Wildman–Crippen MR) is 91.8 cm³/mol. The number of pyridine rings is 1. The number of nitrogen functional groups attached to an aromatic ring is 1. The van der Waals surface area contributed by atoms with Gasteiger partial charge in [0, 0.05) is 28.2 Å². The van der Waals surface area contributed by atoms with E-state index < -0.39 is 0 Å². The van der Waals surface area contributed by atoms with E-state index >= 15 is 0 Å². The number of hydrogen-bond acceptors (Lipinski definition) is 4. The van der Waals surface area contributed by atoms with E-state index in [-0.39, 0.29) is 0 Å². The van der Waals surface area contributed by atoms with Crippen molar-refractivity contribution >= 4 is 33.6 Å². The lowest BCUT2D eigenvalue weighted by Crippen LogP contribution is -2.30. The van der Waals surface area contributed by atoms with Gasteiger partial charge in [-0.15, -0.1) is 11.3 Å². The Morgan fingerprint density at radius 2 is 2.05 bits per heavy atom. The molecule has 0 fully saturated rings. The van der Waals surface area contributed by atoms with Crippen LogP contribution in [0.4, 0.5) is 11.4 Å². The number of thiophene rings is 1. The van der Waals surface area contributed by atoms with Gasteiger partial charge in [-0.3, -0.25) is 4.98 Å². The van der Waals surface area contributed by atoms with Gasteiger partial charge in [-0.05, 0) is 49.6 Å². The van der Waals surface area contributed by atoms with Gasteiger partial charge in [-0.1, -0.05) is 6.07 Å². The molecule has 0 saturated carbocycles. The van der Waals surface area contributed by atoms with Crippen molar-refractivity contribution in [3.8, 4) is 0 Å². The fraction of sp³-hybridized carbons (Fsp3) is 0.235. The SMILES string of the molecule is CC(C)N(Cc1cccs1)c1ccc(N)c2ncccc12. The third-order valence-electron chi connectivity index (χ3n) is 3.62. The monoisotopic (exact) mass is 297 g/mol. The minimum absolute atomic E-state index is 0.402. The minimum atomic E-state index is 0.402. The Hall–Kier alpha value is -2.07. The molecule has 3 nitrogen and oxygen atoms in total. The van der Waals surface area contributed by atoms with Crippen LogP contribution in [0.3, 0.4) is 0 Å². The molecule has 0 aliphatic heterocycles. The first-order valence-electron chi connectivity index (χ1n) is 7.09. The maximum Gasteiger partial charge on any atom is 0.0951 e. The first kappa shape index (κ1) is 13.9. The number of fused-ring (bicyclic) bond motifs is 1. The molecule has 0 unspecified atom stereocenters. The van der Waals surface area contributed by atoms with Gasteiger partial charge >= 0.3 is 0 Å². The zero-order valence-electron chi connectivity index (χ0n) is 12.3. The van der Waals surface area contributed by atoms with Crippen molar-refractivity contribution in [3.63, 3.8) is 0 Å². The van der Waals surface area contributed by atoms with E-state index in [0.29, 0.717) is 6.04 Å². The Morgan fingerprint density at radius 1 is 1.19 bits per heavy atom. The topological polar surface area (TPSA) is 42.1 Å². The Morgan fingerprint density at radius 3 is 2.76 bits per heavy atom. The zero-order chi connectivity index (χ0) is 14.8. The van der Waals surface area contributed by atoms with Gasteiger partial charge in [-0.25, -0.2) is 0 Å². The molecule has 0 saturated heterocycles. The Balaban J connectivity index is 2.09. The fourth-order valence-corrected chi connectivity index (χ4v) is 3.25. The van der Waals surface area contributed by atoms with Crippen LogP contribution in [0.5, 0.6) is 0 Å². The molecule has 2 heterocycles. The van der Waals surface area contributed by atoms with Crippen molar-refractivity contribution in [3.05, 3.63) is 52.9 Å². The molecule has 0 amide bonds. The normalized spacial score (nSPS) is 11.2. The van der Waals surface area contributed by atoms with Gasteiger partial charge in [0.2, 0.25) is 0 Å². The highest BCUT2D eigenvalue weighted by Gasteiger charge is 2.15. The maximum absolute atomic E-state index is 6.06. The number of anilines is 2. The van der Waals surface area contributed by atoms with E-state index in [0.717, 1.165) is 23.1 Å². The number of nitrogens with two attached hydrogens (primary N) is 1. The van der Waals surface area contributed by atoms with Crippen molar-refractivity contribution in [2.75, 3.05) is 10.6 Å². The van der Waals surface area contributed by atoms with Crippen molar-refractivity contribution in [1.82, 2.24) is 4.98 Å². The highest BCUT2D eigenvalue weighted by molar-refractivity contribution is 7.09. The summed E-state index contributed by atoms with van der Waals surface area (Å²) < 4.78 is 0. The first-order valence-corrected chi connectivity index (χ1v) is 7.97. The van der Waals surface area contributed by atoms with Gasteiger partial charge in [0.25, 0.3) is 0 Å². The van der Waals surface area contributed by atoms with Gasteiger partial charge in [-0.2, -0.15) is 0 Å². The van der Waals surface area contributed by atoms with E-state index in [1.54, 1.807) is 17.5 Å². The molecule has 3 aromatic rings. The Bertz CT molecular complexity index is 735. The van der Waals surface area contributed by atoms with Crippen LogP contribution in [-0.4, -0.2) is 11.0 Å². The van der Waals surface area contributed by atoms with E-state index in [1.165, 1.54) is 10.6 Å². The largest absolute Gasteiger partial charge is 0.397 e. The second-order valence-corrected chi connectivity index (χ2v) is 6.41. The van der Waals surface area contributed by atoms with Gasteiger partial charge in [0.05, 0.1) is 17.7 Å². The summed E-state index contributed by atoms with van der Waals surface area (Å²) in [5, 5.41) is 3.24. The van der Waals surface area contributed by atoms with E-state index in [4.69, 9.17) is 5.73 Å². The summed E-state index contributed by atoms with van der Waals surface area (Å²) in [5.41, 5.74) is 8.86. The second kappa shape index (κ2) is 5.74. The molecular formula is C17H19N3S.